The number of oxime groups is 1. The van der Waals surface area contributed by atoms with E-state index in [9.17, 15) is 9.59 Å². The molecule has 1 unspecified atom stereocenters. The van der Waals surface area contributed by atoms with E-state index in [-0.39, 0.29) is 22.3 Å². The van der Waals surface area contributed by atoms with Crippen LogP contribution in [0.1, 0.15) is 35.6 Å². The van der Waals surface area contributed by atoms with Crippen molar-refractivity contribution in [2.45, 2.75) is 19.4 Å². The number of ether oxygens (including phenoxy) is 1. The SMILES string of the molecule is CC(=O)Nc1cc(C2CC(Br)=NO2)nc(C(=O)Oc2ccccc2)c1Cl. The van der Waals surface area contributed by atoms with Gasteiger partial charge in [-0.05, 0) is 34.1 Å². The second-order valence-corrected chi connectivity index (χ2v) is 6.70. The number of carbonyl (C=O) groups excluding carboxylic acids is 2. The van der Waals surface area contributed by atoms with Crippen molar-refractivity contribution in [3.8, 4) is 5.75 Å². The Morgan fingerprint density at radius 3 is 2.69 bits per heavy atom. The van der Waals surface area contributed by atoms with Crippen LogP contribution in [0.2, 0.25) is 5.02 Å². The molecular formula is C17H13BrClN3O4. The van der Waals surface area contributed by atoms with Gasteiger partial charge in [-0.1, -0.05) is 35.0 Å². The van der Waals surface area contributed by atoms with Gasteiger partial charge in [0.25, 0.3) is 0 Å². The summed E-state index contributed by atoms with van der Waals surface area (Å²) in [5.41, 5.74) is 0.524. The number of carbonyl (C=O) groups is 2. The van der Waals surface area contributed by atoms with Gasteiger partial charge >= 0.3 is 5.97 Å². The molecule has 0 spiro atoms. The van der Waals surface area contributed by atoms with Gasteiger partial charge in [-0.2, -0.15) is 0 Å². The summed E-state index contributed by atoms with van der Waals surface area (Å²) in [7, 11) is 0. The number of anilines is 1. The molecule has 0 saturated heterocycles. The van der Waals surface area contributed by atoms with E-state index in [1.165, 1.54) is 6.92 Å². The molecule has 1 aromatic heterocycles. The van der Waals surface area contributed by atoms with E-state index >= 15 is 0 Å². The number of halogens is 2. The van der Waals surface area contributed by atoms with E-state index in [0.29, 0.717) is 22.5 Å². The Bertz CT molecular complexity index is 889. The number of para-hydroxylation sites is 1. The Kier molecular flexibility index (Phi) is 5.53. The smallest absolute Gasteiger partial charge is 0.363 e. The zero-order valence-corrected chi connectivity index (χ0v) is 15.9. The molecule has 1 amide bonds. The minimum atomic E-state index is -0.743. The number of hydrogen-bond donors (Lipinski definition) is 1. The van der Waals surface area contributed by atoms with Crippen LogP contribution in [0, 0.1) is 0 Å². The van der Waals surface area contributed by atoms with Gasteiger partial charge in [0.15, 0.2) is 11.8 Å². The maximum Gasteiger partial charge on any atom is 0.363 e. The van der Waals surface area contributed by atoms with Crippen LogP contribution in [0.3, 0.4) is 0 Å². The van der Waals surface area contributed by atoms with Gasteiger partial charge in [-0.15, -0.1) is 0 Å². The predicted molar refractivity (Wildman–Crippen MR) is 99.8 cm³/mol. The number of pyridine rings is 1. The summed E-state index contributed by atoms with van der Waals surface area (Å²) in [6.07, 6.45) is -0.0566. The standard InChI is InChI=1S/C17H13BrClN3O4/c1-9(23)20-12-7-11(13-8-14(18)22-26-13)21-16(15(12)19)17(24)25-10-5-3-2-4-6-10/h2-7,13H,8H2,1H3,(H,20,21,23). The number of benzene rings is 1. The van der Waals surface area contributed by atoms with Gasteiger partial charge in [0.2, 0.25) is 5.91 Å². The summed E-state index contributed by atoms with van der Waals surface area (Å²) in [5, 5.41) is 6.38. The van der Waals surface area contributed by atoms with E-state index < -0.39 is 12.1 Å². The third-order valence-electron chi connectivity index (χ3n) is 3.40. The summed E-state index contributed by atoms with van der Waals surface area (Å²) >= 11 is 9.52. The number of nitrogens with zero attached hydrogens (tertiary/aromatic N) is 2. The third kappa shape index (κ3) is 4.20. The van der Waals surface area contributed by atoms with Gasteiger partial charge in [0.1, 0.15) is 10.4 Å². The number of rotatable bonds is 4. The summed E-state index contributed by atoms with van der Waals surface area (Å²) < 4.78 is 5.92. The second-order valence-electron chi connectivity index (χ2n) is 5.41. The van der Waals surface area contributed by atoms with Crippen molar-refractivity contribution in [3.05, 3.63) is 52.8 Å². The fourth-order valence-electron chi connectivity index (χ4n) is 2.28. The molecule has 2 heterocycles. The molecule has 1 aromatic carbocycles. The first-order chi connectivity index (χ1) is 12.4. The van der Waals surface area contributed by atoms with E-state index in [2.05, 4.69) is 31.4 Å². The lowest BCUT2D eigenvalue weighted by atomic mass is 10.1. The molecule has 9 heteroatoms. The Balaban J connectivity index is 1.96. The first-order valence-electron chi connectivity index (χ1n) is 7.57. The highest BCUT2D eigenvalue weighted by Gasteiger charge is 2.27. The topological polar surface area (TPSA) is 89.9 Å². The van der Waals surface area contributed by atoms with Crippen LogP contribution in [-0.2, 0) is 9.63 Å². The van der Waals surface area contributed by atoms with E-state index in [4.69, 9.17) is 21.2 Å². The molecule has 0 fully saturated rings. The normalized spacial score (nSPS) is 15.8. The van der Waals surface area contributed by atoms with Crippen molar-refractivity contribution in [2.24, 2.45) is 5.16 Å². The second kappa shape index (κ2) is 7.84. The fourth-order valence-corrected chi connectivity index (χ4v) is 2.88. The van der Waals surface area contributed by atoms with E-state index in [1.54, 1.807) is 36.4 Å². The first-order valence-corrected chi connectivity index (χ1v) is 8.74. The predicted octanol–water partition coefficient (Wildman–Crippen LogP) is 4.08. The lowest BCUT2D eigenvalue weighted by molar-refractivity contribution is -0.114. The molecule has 1 N–H and O–H groups in total. The molecule has 0 saturated carbocycles. The van der Waals surface area contributed by atoms with Crippen LogP contribution in [0.25, 0.3) is 0 Å². The van der Waals surface area contributed by atoms with Gasteiger partial charge in [-0.25, -0.2) is 9.78 Å². The van der Waals surface area contributed by atoms with Gasteiger partial charge in [0.05, 0.1) is 16.4 Å². The highest BCUT2D eigenvalue weighted by Crippen LogP contribution is 2.34. The molecule has 7 nitrogen and oxygen atoms in total. The van der Waals surface area contributed by atoms with Crippen molar-refractivity contribution < 1.29 is 19.2 Å². The van der Waals surface area contributed by atoms with Crippen LogP contribution in [0.15, 0.2) is 41.6 Å². The lowest BCUT2D eigenvalue weighted by Crippen LogP contribution is -2.16. The number of aromatic nitrogens is 1. The minimum absolute atomic E-state index is 0.0112. The molecule has 0 bridgehead atoms. The maximum atomic E-state index is 12.5. The van der Waals surface area contributed by atoms with Gasteiger partial charge in [-0.3, -0.25) is 4.79 Å². The van der Waals surface area contributed by atoms with Crippen LogP contribution < -0.4 is 10.1 Å². The molecule has 134 valence electrons. The average molecular weight is 439 g/mol. The van der Waals surface area contributed by atoms with Crippen molar-refractivity contribution in [3.63, 3.8) is 0 Å². The number of nitrogens with one attached hydrogen (secondary N) is 1. The van der Waals surface area contributed by atoms with Crippen molar-refractivity contribution in [1.82, 2.24) is 4.98 Å². The summed E-state index contributed by atoms with van der Waals surface area (Å²) in [6, 6.07) is 10.1. The van der Waals surface area contributed by atoms with Gasteiger partial charge < -0.3 is 14.9 Å². The van der Waals surface area contributed by atoms with Crippen LogP contribution >= 0.6 is 27.5 Å². The molecule has 1 aliphatic heterocycles. The summed E-state index contributed by atoms with van der Waals surface area (Å²) in [4.78, 5) is 33.5. The summed E-state index contributed by atoms with van der Waals surface area (Å²) in [5.74, 6) is -0.728. The zero-order chi connectivity index (χ0) is 18.7. The molecule has 2 aromatic rings. The van der Waals surface area contributed by atoms with Crippen molar-refractivity contribution in [1.29, 1.82) is 0 Å². The quantitative estimate of drug-likeness (QED) is 0.574. The molecule has 1 atom stereocenters. The van der Waals surface area contributed by atoms with E-state index in [1.807, 2.05) is 0 Å². The third-order valence-corrected chi connectivity index (χ3v) is 4.25. The zero-order valence-electron chi connectivity index (χ0n) is 13.5. The van der Waals surface area contributed by atoms with Crippen molar-refractivity contribution in [2.75, 3.05) is 5.32 Å². The van der Waals surface area contributed by atoms with Crippen molar-refractivity contribution >= 4 is 49.7 Å². The molecule has 0 aliphatic carbocycles. The monoisotopic (exact) mass is 437 g/mol. The number of esters is 1. The Hall–Kier alpha value is -2.45. The first kappa shape index (κ1) is 18.3. The molecule has 26 heavy (non-hydrogen) atoms. The largest absolute Gasteiger partial charge is 0.422 e. The van der Waals surface area contributed by atoms with Crippen LogP contribution in [0.5, 0.6) is 5.75 Å². The van der Waals surface area contributed by atoms with Crippen LogP contribution in [-0.4, -0.2) is 21.5 Å². The minimum Gasteiger partial charge on any atom is -0.422 e. The van der Waals surface area contributed by atoms with Crippen LogP contribution in [0.4, 0.5) is 5.69 Å². The summed E-state index contributed by atoms with van der Waals surface area (Å²) in [6.45, 7) is 1.34. The Morgan fingerprint density at radius 1 is 1.35 bits per heavy atom. The number of amides is 1. The molecule has 3 rings (SSSR count). The highest BCUT2D eigenvalue weighted by atomic mass is 79.9. The van der Waals surface area contributed by atoms with E-state index in [0.717, 1.165) is 0 Å². The maximum absolute atomic E-state index is 12.5. The molecular weight excluding hydrogens is 426 g/mol. The molecule has 1 aliphatic rings. The van der Waals surface area contributed by atoms with Gasteiger partial charge in [0, 0.05) is 13.3 Å². The Morgan fingerprint density at radius 2 is 2.08 bits per heavy atom. The molecule has 0 radical (unpaired) electrons. The average Bonchev–Trinajstić information content (AvgIpc) is 3.03. The number of hydrogen-bond acceptors (Lipinski definition) is 6. The highest BCUT2D eigenvalue weighted by molar-refractivity contribution is 9.18. The fraction of sp³-hybridized carbons (Fsp3) is 0.176. The Labute approximate surface area is 162 Å². The lowest BCUT2D eigenvalue weighted by Gasteiger charge is -2.14.